The minimum absolute atomic E-state index is 0.0130. The number of thiophene rings is 1. The van der Waals surface area contributed by atoms with Crippen LogP contribution in [0.25, 0.3) is 11.4 Å². The standard InChI is InChI=1S/C25H25N3O4S/c1-17(18-8-5-4-6-9-18)28(25(29)22-10-7-15-33-22)14-13-23-26-24(27-32-23)19-11-12-20(30-2)21(16-19)31-3/h4-12,15-17H,13-14H2,1-3H3. The third-order valence-electron chi connectivity index (χ3n) is 5.42. The Morgan fingerprint density at radius 3 is 2.55 bits per heavy atom. The van der Waals surface area contributed by atoms with Crippen LogP contribution in [0.3, 0.4) is 0 Å². The molecule has 1 amide bonds. The monoisotopic (exact) mass is 463 g/mol. The third kappa shape index (κ3) is 5.06. The number of benzene rings is 2. The first-order valence-electron chi connectivity index (χ1n) is 10.5. The van der Waals surface area contributed by atoms with E-state index in [1.165, 1.54) is 11.3 Å². The van der Waals surface area contributed by atoms with Gasteiger partial charge in [0.1, 0.15) is 0 Å². The second-order valence-electron chi connectivity index (χ2n) is 7.39. The number of amides is 1. The summed E-state index contributed by atoms with van der Waals surface area (Å²) in [7, 11) is 3.17. The highest BCUT2D eigenvalue weighted by atomic mass is 32.1. The molecule has 1 atom stereocenters. The van der Waals surface area contributed by atoms with E-state index in [4.69, 9.17) is 14.0 Å². The van der Waals surface area contributed by atoms with E-state index in [1.54, 1.807) is 26.4 Å². The molecule has 0 radical (unpaired) electrons. The molecule has 0 saturated heterocycles. The van der Waals surface area contributed by atoms with Crippen LogP contribution in [-0.2, 0) is 6.42 Å². The minimum atomic E-state index is -0.103. The first-order valence-corrected chi connectivity index (χ1v) is 11.4. The fraction of sp³-hybridized carbons (Fsp3) is 0.240. The van der Waals surface area contributed by atoms with Gasteiger partial charge in [-0.2, -0.15) is 4.98 Å². The summed E-state index contributed by atoms with van der Waals surface area (Å²) >= 11 is 1.44. The van der Waals surface area contributed by atoms with Gasteiger partial charge in [-0.1, -0.05) is 41.6 Å². The van der Waals surface area contributed by atoms with E-state index in [9.17, 15) is 4.79 Å². The van der Waals surface area contributed by atoms with Gasteiger partial charge in [-0.25, -0.2) is 0 Å². The molecule has 8 heteroatoms. The van der Waals surface area contributed by atoms with E-state index in [1.807, 2.05) is 65.7 Å². The van der Waals surface area contributed by atoms with Crippen molar-refractivity contribution in [3.05, 3.63) is 82.4 Å². The Bertz CT molecular complexity index is 1190. The van der Waals surface area contributed by atoms with E-state index in [2.05, 4.69) is 10.1 Å². The molecule has 170 valence electrons. The molecule has 2 aromatic heterocycles. The summed E-state index contributed by atoms with van der Waals surface area (Å²) in [6, 6.07) is 19.1. The first kappa shape index (κ1) is 22.5. The Morgan fingerprint density at radius 1 is 1.06 bits per heavy atom. The van der Waals surface area contributed by atoms with E-state index in [-0.39, 0.29) is 11.9 Å². The SMILES string of the molecule is COc1ccc(-c2noc(CCN(C(=O)c3cccs3)C(C)c3ccccc3)n2)cc1OC. The molecule has 0 fully saturated rings. The minimum Gasteiger partial charge on any atom is -0.493 e. The summed E-state index contributed by atoms with van der Waals surface area (Å²) in [6.45, 7) is 2.48. The second kappa shape index (κ2) is 10.3. The molecule has 7 nitrogen and oxygen atoms in total. The predicted octanol–water partition coefficient (Wildman–Crippen LogP) is 5.26. The summed E-state index contributed by atoms with van der Waals surface area (Å²) in [6.07, 6.45) is 0.439. The summed E-state index contributed by atoms with van der Waals surface area (Å²) in [5, 5.41) is 6.02. The molecule has 4 rings (SSSR count). The van der Waals surface area contributed by atoms with Gasteiger partial charge < -0.3 is 18.9 Å². The Balaban J connectivity index is 1.53. The number of carbonyl (C=O) groups is 1. The number of ether oxygens (including phenoxy) is 2. The maximum atomic E-state index is 13.2. The normalized spacial score (nSPS) is 11.7. The Morgan fingerprint density at radius 2 is 1.85 bits per heavy atom. The zero-order valence-corrected chi connectivity index (χ0v) is 19.5. The molecule has 1 unspecified atom stereocenters. The van der Waals surface area contributed by atoms with Gasteiger partial charge in [0, 0.05) is 18.5 Å². The molecule has 0 N–H and O–H groups in total. The van der Waals surface area contributed by atoms with E-state index in [0.29, 0.717) is 41.1 Å². The van der Waals surface area contributed by atoms with Crippen molar-refractivity contribution < 1.29 is 18.8 Å². The van der Waals surface area contributed by atoms with Crippen LogP contribution in [0.4, 0.5) is 0 Å². The molecule has 4 aromatic rings. The van der Waals surface area contributed by atoms with Crippen molar-refractivity contribution in [3.63, 3.8) is 0 Å². The lowest BCUT2D eigenvalue weighted by molar-refractivity contribution is 0.0694. The highest BCUT2D eigenvalue weighted by molar-refractivity contribution is 7.12. The van der Waals surface area contributed by atoms with Crippen LogP contribution in [0, 0.1) is 0 Å². The zero-order chi connectivity index (χ0) is 23.2. The number of carbonyl (C=O) groups excluding carboxylic acids is 1. The molecule has 0 aliphatic rings. The predicted molar refractivity (Wildman–Crippen MR) is 127 cm³/mol. The maximum absolute atomic E-state index is 13.2. The smallest absolute Gasteiger partial charge is 0.264 e. The summed E-state index contributed by atoms with van der Waals surface area (Å²) < 4.78 is 16.1. The van der Waals surface area contributed by atoms with Crippen molar-refractivity contribution in [3.8, 4) is 22.9 Å². The van der Waals surface area contributed by atoms with Crippen LogP contribution in [0.15, 0.2) is 70.6 Å². The fourth-order valence-corrected chi connectivity index (χ4v) is 4.27. The first-order chi connectivity index (χ1) is 16.1. The van der Waals surface area contributed by atoms with Gasteiger partial charge in [0.2, 0.25) is 11.7 Å². The van der Waals surface area contributed by atoms with Crippen LogP contribution in [0.5, 0.6) is 11.5 Å². The zero-order valence-electron chi connectivity index (χ0n) is 18.7. The van der Waals surface area contributed by atoms with Gasteiger partial charge in [-0.05, 0) is 42.1 Å². The van der Waals surface area contributed by atoms with Crippen molar-refractivity contribution in [2.45, 2.75) is 19.4 Å². The molecule has 2 aromatic carbocycles. The van der Waals surface area contributed by atoms with Crippen LogP contribution < -0.4 is 9.47 Å². The van der Waals surface area contributed by atoms with Gasteiger partial charge in [0.25, 0.3) is 5.91 Å². The largest absolute Gasteiger partial charge is 0.493 e. The second-order valence-corrected chi connectivity index (χ2v) is 8.34. The number of rotatable bonds is 9. The number of hydrogen-bond acceptors (Lipinski definition) is 7. The Hall–Kier alpha value is -3.65. The molecule has 2 heterocycles. The molecule has 0 saturated carbocycles. The molecular formula is C25H25N3O4S. The lowest BCUT2D eigenvalue weighted by atomic mass is 10.1. The lowest BCUT2D eigenvalue weighted by Gasteiger charge is -2.29. The Kier molecular flexibility index (Phi) is 7.04. The van der Waals surface area contributed by atoms with E-state index >= 15 is 0 Å². The van der Waals surface area contributed by atoms with Crippen LogP contribution in [0.2, 0.25) is 0 Å². The maximum Gasteiger partial charge on any atom is 0.264 e. The van der Waals surface area contributed by atoms with E-state index < -0.39 is 0 Å². The van der Waals surface area contributed by atoms with Crippen molar-refractivity contribution in [1.82, 2.24) is 15.0 Å². The number of nitrogens with zero attached hydrogens (tertiary/aromatic N) is 3. The van der Waals surface area contributed by atoms with Crippen LogP contribution in [-0.4, -0.2) is 41.7 Å². The summed E-state index contributed by atoms with van der Waals surface area (Å²) in [5.74, 6) is 2.12. The highest BCUT2D eigenvalue weighted by Crippen LogP contribution is 2.31. The van der Waals surface area contributed by atoms with Crippen molar-refractivity contribution in [2.75, 3.05) is 20.8 Å². The fourth-order valence-electron chi connectivity index (χ4n) is 3.59. The van der Waals surface area contributed by atoms with Gasteiger partial charge in [-0.3, -0.25) is 4.79 Å². The lowest BCUT2D eigenvalue weighted by Crippen LogP contribution is -2.35. The number of methoxy groups -OCH3 is 2. The summed E-state index contributed by atoms with van der Waals surface area (Å²) in [5.41, 5.74) is 1.82. The average molecular weight is 464 g/mol. The molecule has 0 bridgehead atoms. The average Bonchev–Trinajstić information content (AvgIpc) is 3.57. The van der Waals surface area contributed by atoms with E-state index in [0.717, 1.165) is 11.1 Å². The van der Waals surface area contributed by atoms with Crippen molar-refractivity contribution in [1.29, 1.82) is 0 Å². The third-order valence-corrected chi connectivity index (χ3v) is 6.28. The summed E-state index contributed by atoms with van der Waals surface area (Å²) in [4.78, 5) is 20.3. The number of aromatic nitrogens is 2. The van der Waals surface area contributed by atoms with Crippen LogP contribution in [0.1, 0.15) is 34.1 Å². The molecule has 0 aliphatic carbocycles. The Labute approximate surface area is 196 Å². The number of hydrogen-bond donors (Lipinski definition) is 0. The molecule has 0 spiro atoms. The topological polar surface area (TPSA) is 77.7 Å². The van der Waals surface area contributed by atoms with Crippen molar-refractivity contribution in [2.24, 2.45) is 0 Å². The van der Waals surface area contributed by atoms with Gasteiger partial charge in [0.05, 0.1) is 25.1 Å². The molecule has 33 heavy (non-hydrogen) atoms. The van der Waals surface area contributed by atoms with Crippen LogP contribution >= 0.6 is 11.3 Å². The van der Waals surface area contributed by atoms with Gasteiger partial charge in [0.15, 0.2) is 11.5 Å². The molecular weight excluding hydrogens is 438 g/mol. The van der Waals surface area contributed by atoms with Crippen molar-refractivity contribution >= 4 is 17.2 Å². The van der Waals surface area contributed by atoms with Gasteiger partial charge in [-0.15, -0.1) is 11.3 Å². The highest BCUT2D eigenvalue weighted by Gasteiger charge is 2.24. The molecule has 0 aliphatic heterocycles. The quantitative estimate of drug-likeness (QED) is 0.337. The van der Waals surface area contributed by atoms with Gasteiger partial charge >= 0.3 is 0 Å².